The van der Waals surface area contributed by atoms with E-state index in [-0.39, 0.29) is 22.4 Å². The molecule has 0 aliphatic heterocycles. The second-order valence-corrected chi connectivity index (χ2v) is 9.30. The monoisotopic (exact) mass is 433 g/mol. The Morgan fingerprint density at radius 1 is 1.03 bits per heavy atom. The van der Waals surface area contributed by atoms with Crippen LogP contribution in [0.3, 0.4) is 0 Å². The topological polar surface area (TPSA) is 104 Å². The molecule has 2 amide bonds. The molecular formula is C21H24FN3O4S. The van der Waals surface area contributed by atoms with Gasteiger partial charge in [0.25, 0.3) is 5.91 Å². The Labute approximate surface area is 175 Å². The van der Waals surface area contributed by atoms with Crippen LogP contribution < -0.4 is 15.4 Å². The second-order valence-electron chi connectivity index (χ2n) is 7.58. The number of sulfonamides is 1. The van der Waals surface area contributed by atoms with Crippen LogP contribution in [0, 0.1) is 11.7 Å². The van der Waals surface area contributed by atoms with Gasteiger partial charge in [0.15, 0.2) is 0 Å². The summed E-state index contributed by atoms with van der Waals surface area (Å²) >= 11 is 0. The van der Waals surface area contributed by atoms with Crippen LogP contribution in [-0.4, -0.2) is 32.3 Å². The molecule has 3 rings (SSSR count). The van der Waals surface area contributed by atoms with Crippen molar-refractivity contribution < 1.29 is 22.4 Å². The maximum atomic E-state index is 13.8. The van der Waals surface area contributed by atoms with Gasteiger partial charge in [-0.3, -0.25) is 9.59 Å². The molecule has 1 aliphatic carbocycles. The molecule has 0 aromatic heterocycles. The average Bonchev–Trinajstić information content (AvgIpc) is 3.49. The zero-order chi connectivity index (χ0) is 21.9. The zero-order valence-electron chi connectivity index (χ0n) is 16.7. The van der Waals surface area contributed by atoms with Crippen molar-refractivity contribution in [1.29, 1.82) is 0 Å². The van der Waals surface area contributed by atoms with Crippen molar-refractivity contribution in [3.63, 3.8) is 0 Å². The van der Waals surface area contributed by atoms with E-state index < -0.39 is 33.7 Å². The minimum atomic E-state index is -3.58. The molecule has 30 heavy (non-hydrogen) atoms. The highest BCUT2D eigenvalue weighted by Gasteiger charge is 2.28. The van der Waals surface area contributed by atoms with Gasteiger partial charge in [0.05, 0.1) is 10.5 Å². The van der Waals surface area contributed by atoms with E-state index in [1.54, 1.807) is 13.8 Å². The lowest BCUT2D eigenvalue weighted by Crippen LogP contribution is -2.47. The van der Waals surface area contributed by atoms with Gasteiger partial charge in [-0.25, -0.2) is 17.5 Å². The average molecular weight is 434 g/mol. The van der Waals surface area contributed by atoms with Crippen LogP contribution in [0.25, 0.3) is 0 Å². The van der Waals surface area contributed by atoms with Gasteiger partial charge in [-0.1, -0.05) is 26.0 Å². The maximum Gasteiger partial charge on any atom is 0.254 e. The van der Waals surface area contributed by atoms with E-state index in [2.05, 4.69) is 15.4 Å². The van der Waals surface area contributed by atoms with Crippen molar-refractivity contribution in [2.24, 2.45) is 5.92 Å². The van der Waals surface area contributed by atoms with Crippen LogP contribution in [0.15, 0.2) is 53.4 Å². The summed E-state index contributed by atoms with van der Waals surface area (Å²) in [7, 11) is -3.58. The van der Waals surface area contributed by atoms with Crippen LogP contribution in [0.1, 0.15) is 37.0 Å². The van der Waals surface area contributed by atoms with Crippen molar-refractivity contribution in [3.8, 4) is 0 Å². The number of hydrogen-bond acceptors (Lipinski definition) is 4. The molecule has 0 spiro atoms. The summed E-state index contributed by atoms with van der Waals surface area (Å²) in [4.78, 5) is 25.2. The second kappa shape index (κ2) is 8.93. The van der Waals surface area contributed by atoms with Crippen molar-refractivity contribution >= 4 is 27.5 Å². The van der Waals surface area contributed by atoms with Gasteiger partial charge < -0.3 is 10.6 Å². The highest BCUT2D eigenvalue weighted by molar-refractivity contribution is 7.89. The Hall–Kier alpha value is -2.78. The quantitative estimate of drug-likeness (QED) is 0.595. The number of carbonyl (C=O) groups is 2. The van der Waals surface area contributed by atoms with Gasteiger partial charge >= 0.3 is 0 Å². The smallest absolute Gasteiger partial charge is 0.254 e. The molecule has 7 nitrogen and oxygen atoms in total. The molecule has 2 aromatic carbocycles. The van der Waals surface area contributed by atoms with Crippen LogP contribution in [0.5, 0.6) is 0 Å². The number of benzene rings is 2. The van der Waals surface area contributed by atoms with E-state index in [0.29, 0.717) is 5.69 Å². The van der Waals surface area contributed by atoms with Crippen molar-refractivity contribution in [3.05, 3.63) is 59.9 Å². The van der Waals surface area contributed by atoms with E-state index >= 15 is 0 Å². The summed E-state index contributed by atoms with van der Waals surface area (Å²) in [5, 5.41) is 5.22. The molecule has 0 heterocycles. The van der Waals surface area contributed by atoms with Crippen molar-refractivity contribution in [1.82, 2.24) is 10.0 Å². The third-order valence-electron chi connectivity index (χ3n) is 4.69. The van der Waals surface area contributed by atoms with Gasteiger partial charge in [-0.15, -0.1) is 0 Å². The Bertz CT molecular complexity index is 1030. The molecule has 0 unspecified atom stereocenters. The fourth-order valence-electron chi connectivity index (χ4n) is 2.83. The number of carbonyl (C=O) groups excluding carboxylic acids is 2. The van der Waals surface area contributed by atoms with E-state index in [4.69, 9.17) is 0 Å². The van der Waals surface area contributed by atoms with E-state index in [0.717, 1.165) is 12.8 Å². The Morgan fingerprint density at radius 3 is 2.23 bits per heavy atom. The number of hydrogen-bond donors (Lipinski definition) is 3. The summed E-state index contributed by atoms with van der Waals surface area (Å²) in [6.07, 6.45) is 1.67. The standard InChI is InChI=1S/C21H24FN3O4S/c1-13(2)19(24-20(26)17-5-3-4-6-18(17)22)21(27)23-14-9-11-16(12-10-14)30(28,29)25-15-7-8-15/h3-6,9-13,15,19,25H,7-8H2,1-2H3,(H,23,27)(H,24,26)/t19-/m0/s1. The van der Waals surface area contributed by atoms with Gasteiger partial charge in [-0.05, 0) is 55.2 Å². The summed E-state index contributed by atoms with van der Waals surface area (Å²) in [6.45, 7) is 3.51. The molecule has 0 bridgehead atoms. The normalized spacial score (nSPS) is 14.9. The summed E-state index contributed by atoms with van der Waals surface area (Å²) in [5.41, 5.74) is 0.241. The molecular weight excluding hydrogens is 409 g/mol. The van der Waals surface area contributed by atoms with Crippen LogP contribution in [-0.2, 0) is 14.8 Å². The Kier molecular flexibility index (Phi) is 6.52. The first-order chi connectivity index (χ1) is 14.2. The Morgan fingerprint density at radius 2 is 1.67 bits per heavy atom. The fraction of sp³-hybridized carbons (Fsp3) is 0.333. The third-order valence-corrected chi connectivity index (χ3v) is 6.22. The van der Waals surface area contributed by atoms with E-state index in [9.17, 15) is 22.4 Å². The number of amides is 2. The van der Waals surface area contributed by atoms with Crippen LogP contribution >= 0.6 is 0 Å². The molecule has 1 saturated carbocycles. The lowest BCUT2D eigenvalue weighted by molar-refractivity contribution is -0.118. The minimum Gasteiger partial charge on any atom is -0.340 e. The van der Waals surface area contributed by atoms with Gasteiger partial charge in [0.1, 0.15) is 11.9 Å². The lowest BCUT2D eigenvalue weighted by Gasteiger charge is -2.22. The van der Waals surface area contributed by atoms with Crippen LogP contribution in [0.2, 0.25) is 0 Å². The Balaban J connectivity index is 1.67. The zero-order valence-corrected chi connectivity index (χ0v) is 17.5. The molecule has 2 aromatic rings. The number of anilines is 1. The minimum absolute atomic E-state index is 0.000702. The molecule has 3 N–H and O–H groups in total. The van der Waals surface area contributed by atoms with Gasteiger partial charge in [-0.2, -0.15) is 0 Å². The molecule has 0 radical (unpaired) electrons. The molecule has 160 valence electrons. The molecule has 1 fully saturated rings. The van der Waals surface area contributed by atoms with Crippen LogP contribution in [0.4, 0.5) is 10.1 Å². The third kappa shape index (κ3) is 5.43. The molecule has 1 aliphatic rings. The summed E-state index contributed by atoms with van der Waals surface area (Å²) in [5.74, 6) is -2.10. The molecule has 0 saturated heterocycles. The highest BCUT2D eigenvalue weighted by atomic mass is 32.2. The maximum absolute atomic E-state index is 13.8. The first-order valence-electron chi connectivity index (χ1n) is 9.66. The van der Waals surface area contributed by atoms with Gasteiger partial charge in [0.2, 0.25) is 15.9 Å². The van der Waals surface area contributed by atoms with E-state index in [1.807, 2.05) is 0 Å². The van der Waals surface area contributed by atoms with E-state index in [1.165, 1.54) is 48.5 Å². The van der Waals surface area contributed by atoms with Crippen molar-refractivity contribution in [2.75, 3.05) is 5.32 Å². The summed E-state index contributed by atoms with van der Waals surface area (Å²) < 4.78 is 40.9. The first-order valence-corrected chi connectivity index (χ1v) is 11.1. The lowest BCUT2D eigenvalue weighted by atomic mass is 10.0. The number of nitrogens with one attached hydrogen (secondary N) is 3. The van der Waals surface area contributed by atoms with Crippen molar-refractivity contribution in [2.45, 2.75) is 43.7 Å². The highest BCUT2D eigenvalue weighted by Crippen LogP contribution is 2.23. The fourth-order valence-corrected chi connectivity index (χ4v) is 4.13. The number of halogens is 1. The predicted octanol–water partition coefficient (Wildman–Crippen LogP) is 2.66. The predicted molar refractivity (Wildman–Crippen MR) is 111 cm³/mol. The largest absolute Gasteiger partial charge is 0.340 e. The molecule has 1 atom stereocenters. The summed E-state index contributed by atoms with van der Waals surface area (Å²) in [6, 6.07) is 10.4. The molecule has 9 heteroatoms. The number of rotatable bonds is 8. The van der Waals surface area contributed by atoms with Gasteiger partial charge in [0, 0.05) is 11.7 Å². The first kappa shape index (κ1) is 21.9. The SMILES string of the molecule is CC(C)[C@H](NC(=O)c1ccccc1F)C(=O)Nc1ccc(S(=O)(=O)NC2CC2)cc1.